The zero-order chi connectivity index (χ0) is 8.43. The summed E-state index contributed by atoms with van der Waals surface area (Å²) in [5, 5.41) is 1.29. The molecule has 0 bridgehead atoms. The maximum absolute atomic E-state index is 5.67. The molecule has 4 heteroatoms. The number of rotatable bonds is 1. The Bertz CT molecular complexity index is 275. The lowest BCUT2D eigenvalue weighted by atomic mass is 10.3. The van der Waals surface area contributed by atoms with Crippen LogP contribution in [-0.4, -0.2) is 16.2 Å². The molecular weight excluding hydrogens is 180 g/mol. The summed E-state index contributed by atoms with van der Waals surface area (Å²) in [6, 6.07) is 0. The summed E-state index contributed by atoms with van der Waals surface area (Å²) in [6.45, 7) is 3.93. The fraction of sp³-hybridized carbons (Fsp3) is 0.429. The lowest BCUT2D eigenvalue weighted by Gasteiger charge is -2.03. The molecule has 0 amide bonds. The fourth-order valence-electron chi connectivity index (χ4n) is 0.768. The van der Waals surface area contributed by atoms with Crippen LogP contribution in [0.1, 0.15) is 11.3 Å². The predicted octanol–water partition coefficient (Wildman–Crippen LogP) is 2.47. The molecule has 0 fully saturated rings. The maximum atomic E-state index is 5.67. The van der Waals surface area contributed by atoms with Gasteiger partial charge in [-0.1, -0.05) is 0 Å². The van der Waals surface area contributed by atoms with Crippen LogP contribution < -0.4 is 0 Å². The quantitative estimate of drug-likeness (QED) is 0.385. The highest BCUT2D eigenvalue weighted by Gasteiger charge is 2.04. The van der Waals surface area contributed by atoms with Crippen LogP contribution in [0.25, 0.3) is 0 Å². The molecule has 11 heavy (non-hydrogen) atoms. The van der Waals surface area contributed by atoms with Gasteiger partial charge in [0.25, 0.3) is 0 Å². The molecule has 1 heterocycles. The molecule has 2 nitrogen and oxygen atoms in total. The normalized spacial score (nSPS) is 10.2. The Labute approximate surface area is 75.4 Å². The van der Waals surface area contributed by atoms with E-state index < -0.39 is 0 Å². The molecule has 1 aromatic rings. The molecule has 0 aliphatic carbocycles. The topological polar surface area (TPSA) is 25.8 Å². The number of nitrogens with zero attached hydrogens (tertiary/aromatic N) is 2. The third-order valence-electron chi connectivity index (χ3n) is 1.51. The summed E-state index contributed by atoms with van der Waals surface area (Å²) < 4.78 is 0. The van der Waals surface area contributed by atoms with Gasteiger partial charge in [-0.3, -0.25) is 0 Å². The van der Waals surface area contributed by atoms with Crippen molar-refractivity contribution in [2.75, 3.05) is 6.26 Å². The first-order valence-electron chi connectivity index (χ1n) is 3.20. The Kier molecular flexibility index (Phi) is 2.73. The molecule has 0 atom stereocenters. The van der Waals surface area contributed by atoms with Gasteiger partial charge in [0.05, 0.1) is 0 Å². The van der Waals surface area contributed by atoms with Crippen molar-refractivity contribution in [1.29, 1.82) is 0 Å². The average Bonchev–Trinajstić information content (AvgIpc) is 1.96. The average molecular weight is 189 g/mol. The van der Waals surface area contributed by atoms with Crippen molar-refractivity contribution in [2.45, 2.75) is 18.9 Å². The first-order chi connectivity index (χ1) is 5.15. The number of hydrogen-bond acceptors (Lipinski definition) is 3. The second-order valence-electron chi connectivity index (χ2n) is 2.21. The molecule has 1 rings (SSSR count). The Balaban J connectivity index is 3.24. The highest BCUT2D eigenvalue weighted by Crippen LogP contribution is 2.20. The number of halogens is 1. The van der Waals surface area contributed by atoms with Gasteiger partial charge in [0.1, 0.15) is 5.03 Å². The van der Waals surface area contributed by atoms with Crippen molar-refractivity contribution in [1.82, 2.24) is 9.97 Å². The van der Waals surface area contributed by atoms with Crippen molar-refractivity contribution in [2.24, 2.45) is 0 Å². The molecule has 0 aliphatic heterocycles. The SMILES string of the molecule is CSc1nc(Cl)nc(C)c1C. The van der Waals surface area contributed by atoms with E-state index in [1.807, 2.05) is 20.1 Å². The lowest BCUT2D eigenvalue weighted by molar-refractivity contribution is 0.965. The van der Waals surface area contributed by atoms with Crippen LogP contribution in [0.5, 0.6) is 0 Å². The number of aryl methyl sites for hydroxylation is 1. The number of aromatic nitrogens is 2. The highest BCUT2D eigenvalue weighted by atomic mass is 35.5. The van der Waals surface area contributed by atoms with Crippen LogP contribution in [0, 0.1) is 13.8 Å². The molecule has 0 saturated heterocycles. The highest BCUT2D eigenvalue weighted by molar-refractivity contribution is 7.98. The largest absolute Gasteiger partial charge is 0.223 e. The van der Waals surface area contributed by atoms with E-state index in [-0.39, 0.29) is 0 Å². The van der Waals surface area contributed by atoms with E-state index in [1.165, 1.54) is 0 Å². The fourth-order valence-corrected chi connectivity index (χ4v) is 1.66. The molecule has 0 unspecified atom stereocenters. The molecule has 0 radical (unpaired) electrons. The molecule has 0 aromatic carbocycles. The number of thioether (sulfide) groups is 1. The van der Waals surface area contributed by atoms with Crippen molar-refractivity contribution in [3.63, 3.8) is 0 Å². The zero-order valence-electron chi connectivity index (χ0n) is 6.68. The van der Waals surface area contributed by atoms with E-state index in [0.29, 0.717) is 5.28 Å². The Morgan fingerprint density at radius 1 is 1.27 bits per heavy atom. The minimum Gasteiger partial charge on any atom is -0.223 e. The van der Waals surface area contributed by atoms with Crippen LogP contribution in [0.15, 0.2) is 5.03 Å². The Hall–Kier alpha value is -0.280. The van der Waals surface area contributed by atoms with Crippen LogP contribution in [0.2, 0.25) is 5.28 Å². The van der Waals surface area contributed by atoms with E-state index in [2.05, 4.69) is 9.97 Å². The van der Waals surface area contributed by atoms with Crippen LogP contribution in [0.3, 0.4) is 0 Å². The monoisotopic (exact) mass is 188 g/mol. The molecule has 1 aromatic heterocycles. The van der Waals surface area contributed by atoms with Gasteiger partial charge in [0.2, 0.25) is 5.28 Å². The second-order valence-corrected chi connectivity index (χ2v) is 3.35. The Morgan fingerprint density at radius 2 is 1.91 bits per heavy atom. The molecule has 0 spiro atoms. The van der Waals surface area contributed by atoms with Gasteiger partial charge < -0.3 is 0 Å². The minimum atomic E-state index is 0.331. The van der Waals surface area contributed by atoms with Crippen molar-refractivity contribution in [3.05, 3.63) is 16.5 Å². The van der Waals surface area contributed by atoms with E-state index in [1.54, 1.807) is 11.8 Å². The van der Waals surface area contributed by atoms with Gasteiger partial charge >= 0.3 is 0 Å². The zero-order valence-corrected chi connectivity index (χ0v) is 8.25. The molecule has 0 saturated carbocycles. The third-order valence-corrected chi connectivity index (χ3v) is 2.46. The molecule has 0 aliphatic rings. The summed E-state index contributed by atoms with van der Waals surface area (Å²) in [4.78, 5) is 8.09. The van der Waals surface area contributed by atoms with Gasteiger partial charge in [0, 0.05) is 11.3 Å². The lowest BCUT2D eigenvalue weighted by Crippen LogP contribution is -1.94. The summed E-state index contributed by atoms with van der Waals surface area (Å²) in [5.74, 6) is 0. The molecular formula is C7H9ClN2S. The van der Waals surface area contributed by atoms with E-state index in [0.717, 1.165) is 16.3 Å². The van der Waals surface area contributed by atoms with E-state index in [4.69, 9.17) is 11.6 Å². The predicted molar refractivity (Wildman–Crippen MR) is 48.3 cm³/mol. The minimum absolute atomic E-state index is 0.331. The van der Waals surface area contributed by atoms with Gasteiger partial charge in [0.15, 0.2) is 0 Å². The van der Waals surface area contributed by atoms with Crippen molar-refractivity contribution < 1.29 is 0 Å². The van der Waals surface area contributed by atoms with Gasteiger partial charge in [-0.25, -0.2) is 9.97 Å². The van der Waals surface area contributed by atoms with Gasteiger partial charge in [-0.05, 0) is 31.7 Å². The molecule has 0 N–H and O–H groups in total. The van der Waals surface area contributed by atoms with E-state index >= 15 is 0 Å². The van der Waals surface area contributed by atoms with Crippen molar-refractivity contribution >= 4 is 23.4 Å². The van der Waals surface area contributed by atoms with Crippen LogP contribution in [-0.2, 0) is 0 Å². The van der Waals surface area contributed by atoms with Crippen molar-refractivity contribution in [3.8, 4) is 0 Å². The second kappa shape index (κ2) is 3.41. The summed E-state index contributed by atoms with van der Waals surface area (Å²) in [6.07, 6.45) is 1.98. The third kappa shape index (κ3) is 1.84. The van der Waals surface area contributed by atoms with Gasteiger partial charge in [-0.15, -0.1) is 11.8 Å². The summed E-state index contributed by atoms with van der Waals surface area (Å²) in [5.41, 5.74) is 2.07. The Morgan fingerprint density at radius 3 is 2.45 bits per heavy atom. The van der Waals surface area contributed by atoms with Crippen LogP contribution in [0.4, 0.5) is 0 Å². The summed E-state index contributed by atoms with van der Waals surface area (Å²) in [7, 11) is 0. The summed E-state index contributed by atoms with van der Waals surface area (Å²) >= 11 is 7.25. The standard InChI is InChI=1S/C7H9ClN2S/c1-4-5(2)9-7(8)10-6(4)11-3/h1-3H3. The first kappa shape index (κ1) is 8.81. The van der Waals surface area contributed by atoms with Crippen LogP contribution >= 0.6 is 23.4 Å². The maximum Gasteiger partial charge on any atom is 0.223 e. The van der Waals surface area contributed by atoms with E-state index in [9.17, 15) is 0 Å². The number of hydrogen-bond donors (Lipinski definition) is 0. The smallest absolute Gasteiger partial charge is 0.223 e. The molecule has 60 valence electrons. The van der Waals surface area contributed by atoms with Gasteiger partial charge in [-0.2, -0.15) is 0 Å². The first-order valence-corrected chi connectivity index (χ1v) is 4.80.